The van der Waals surface area contributed by atoms with Crippen LogP contribution in [0.5, 0.6) is 0 Å². The van der Waals surface area contributed by atoms with Crippen molar-refractivity contribution < 1.29 is 106 Å². The number of amides is 2. The van der Waals surface area contributed by atoms with E-state index in [1.807, 2.05) is 0 Å². The number of phosphoric ester groups is 1. The van der Waals surface area contributed by atoms with E-state index in [0.717, 1.165) is 205 Å². The van der Waals surface area contributed by atoms with Crippen LogP contribution in [0.1, 0.15) is 504 Å². The molecule has 0 aromatic heterocycles. The van der Waals surface area contributed by atoms with Gasteiger partial charge >= 0.3 is 31.7 Å². The van der Waals surface area contributed by atoms with Gasteiger partial charge in [-0.25, -0.2) is 4.57 Å². The number of nitrogens with one attached hydrogen (secondary N) is 2. The third-order valence-corrected chi connectivity index (χ3v) is 25.6. The maximum absolute atomic E-state index is 14.8. The van der Waals surface area contributed by atoms with Crippen molar-refractivity contribution in [3.63, 3.8) is 0 Å². The van der Waals surface area contributed by atoms with Crippen LogP contribution in [0, 0.1) is 0 Å². The lowest BCUT2D eigenvalue weighted by Crippen LogP contribution is -2.68. The molecule has 9 N–H and O–H groups in total. The van der Waals surface area contributed by atoms with Crippen molar-refractivity contribution in [3.05, 3.63) is 0 Å². The van der Waals surface area contributed by atoms with Crippen LogP contribution in [0.25, 0.3) is 0 Å². The Morgan fingerprint density at radius 3 is 0.984 bits per heavy atom. The first kappa shape index (κ1) is 118. The molecule has 0 aromatic carbocycles. The highest BCUT2D eigenvalue weighted by atomic mass is 31.2. The van der Waals surface area contributed by atoms with Gasteiger partial charge in [0.05, 0.1) is 51.1 Å². The van der Waals surface area contributed by atoms with E-state index in [2.05, 4.69) is 52.2 Å². The van der Waals surface area contributed by atoms with Crippen LogP contribution < -0.4 is 10.6 Å². The lowest BCUT2D eigenvalue weighted by Gasteiger charge is -2.46. The topological polar surface area (TPSA) is 359 Å². The van der Waals surface area contributed by atoms with E-state index in [0.29, 0.717) is 44.9 Å². The molecule has 736 valence electrons. The molecule has 0 aromatic rings. The van der Waals surface area contributed by atoms with Crippen LogP contribution in [0.15, 0.2) is 0 Å². The van der Waals surface area contributed by atoms with Crippen LogP contribution >= 0.6 is 7.82 Å². The summed E-state index contributed by atoms with van der Waals surface area (Å²) in [5.41, 5.74) is 0. The van der Waals surface area contributed by atoms with Crippen molar-refractivity contribution in [1.29, 1.82) is 0 Å². The van der Waals surface area contributed by atoms with E-state index in [4.69, 9.17) is 37.7 Å². The maximum Gasteiger partial charge on any atom is 0.470 e. The Morgan fingerprint density at radius 1 is 0.336 bits per heavy atom. The normalized spacial score (nSPS) is 20.1. The summed E-state index contributed by atoms with van der Waals surface area (Å²) in [7, 11) is -5.59. The van der Waals surface area contributed by atoms with Crippen molar-refractivity contribution in [1.82, 2.24) is 10.6 Å². The molecular formula is C100H189N2O22P. The second-order valence-corrected chi connectivity index (χ2v) is 38.3. The summed E-state index contributed by atoms with van der Waals surface area (Å²) in [4.78, 5) is 107. The predicted octanol–water partition coefficient (Wildman–Crippen LogP) is 22.8. The fraction of sp³-hybridized carbons (Fsp3) is 0.940. The molecule has 2 saturated heterocycles. The lowest BCUT2D eigenvalue weighted by atomic mass is 9.95. The standard InChI is InChI=1S/C100H189N2O22P/c1-7-13-19-25-31-37-39-41-43-49-55-61-67-73-89(108)118-83(71-65-59-53-47-35-29-23-17-11-5)77-88(107)101-93-97(122-91(110)76-82(105)70-64-58-52-46-34-28-22-16-10-4)95(112)86(120-99(93)113)80-117-100-94(102-87(106)75-81(104)69-63-57-51-45-33-27-21-15-9-3)98(96(85(79-103)121-100)124-125(114,115)116)123-92(111)78-84(72-66-60-54-48-36-30-24-18-12-6)119-90(109)74-68-62-56-50-44-42-40-38-32-26-20-14-8-2/h81-86,93-100,103-105,112-113H,7-80H2,1-6H3,(H,101,107)(H,102,106)(H2,114,115,116)/t81?,82?,83?,84?,85?,86?,93?,94?,95-,96?,97-,98-,99?,100-/m1/s1. The number of esters is 4. The summed E-state index contributed by atoms with van der Waals surface area (Å²) < 4.78 is 61.6. The first-order valence-corrected chi connectivity index (χ1v) is 53.5. The number of unbranched alkanes of at least 4 members (excludes halogenated alkanes) is 56. The van der Waals surface area contributed by atoms with E-state index < -0.39 is 162 Å². The van der Waals surface area contributed by atoms with Gasteiger partial charge in [-0.05, 0) is 51.4 Å². The minimum atomic E-state index is -5.59. The van der Waals surface area contributed by atoms with Crippen LogP contribution in [-0.2, 0) is 71.0 Å². The number of carbonyl (C=O) groups is 6. The number of hydrogen-bond acceptors (Lipinski definition) is 20. The molecule has 2 fully saturated rings. The lowest BCUT2D eigenvalue weighted by molar-refractivity contribution is -0.298. The fourth-order valence-corrected chi connectivity index (χ4v) is 18.0. The number of rotatable bonds is 88. The third-order valence-electron chi connectivity index (χ3n) is 25.1. The second kappa shape index (κ2) is 80.3. The average Bonchev–Trinajstić information content (AvgIpc) is 0.778. The summed E-state index contributed by atoms with van der Waals surface area (Å²) in [6, 6.07) is -3.47. The number of carbonyl (C=O) groups excluding carboxylic acids is 6. The molecule has 2 heterocycles. The van der Waals surface area contributed by atoms with E-state index in [-0.39, 0.29) is 38.5 Å². The van der Waals surface area contributed by atoms with Gasteiger partial charge in [0.1, 0.15) is 48.7 Å². The Bertz CT molecular complexity index is 2620. The Kier molecular flexibility index (Phi) is 75.6. The predicted molar refractivity (Wildman–Crippen MR) is 497 cm³/mol. The van der Waals surface area contributed by atoms with Crippen LogP contribution in [0.3, 0.4) is 0 Å². The van der Waals surface area contributed by atoms with E-state index in [1.54, 1.807) is 0 Å². The minimum absolute atomic E-state index is 0.116. The Morgan fingerprint density at radius 2 is 0.632 bits per heavy atom. The van der Waals surface area contributed by atoms with Gasteiger partial charge in [0.25, 0.3) is 0 Å². The Balaban J connectivity index is 2.64. The molecule has 2 amide bonds. The first-order valence-electron chi connectivity index (χ1n) is 52.0. The molecule has 14 atom stereocenters. The van der Waals surface area contributed by atoms with Crippen molar-refractivity contribution >= 4 is 43.5 Å². The van der Waals surface area contributed by atoms with Crippen LogP contribution in [-0.4, -0.2) is 170 Å². The largest absolute Gasteiger partial charge is 0.470 e. The molecule has 0 bridgehead atoms. The van der Waals surface area contributed by atoms with Crippen molar-refractivity contribution in [3.8, 4) is 0 Å². The van der Waals surface area contributed by atoms with Gasteiger partial charge in [-0.2, -0.15) is 0 Å². The first-order chi connectivity index (χ1) is 60.6. The summed E-state index contributed by atoms with van der Waals surface area (Å²) in [6.07, 6.45) is 46.5. The summed E-state index contributed by atoms with van der Waals surface area (Å²) in [5, 5.41) is 64.0. The van der Waals surface area contributed by atoms with Crippen LogP contribution in [0.2, 0.25) is 0 Å². The molecule has 0 radical (unpaired) electrons. The molecule has 0 aliphatic carbocycles. The van der Waals surface area contributed by atoms with Crippen molar-refractivity contribution in [2.24, 2.45) is 0 Å². The summed E-state index contributed by atoms with van der Waals surface area (Å²) >= 11 is 0. The second-order valence-electron chi connectivity index (χ2n) is 37.1. The highest BCUT2D eigenvalue weighted by Gasteiger charge is 2.54. The number of ether oxygens (including phenoxy) is 7. The highest BCUT2D eigenvalue weighted by molar-refractivity contribution is 7.46. The zero-order valence-corrected chi connectivity index (χ0v) is 81.0. The smallest absolute Gasteiger partial charge is 0.462 e. The highest BCUT2D eigenvalue weighted by Crippen LogP contribution is 2.43. The number of aliphatic hydroxyl groups excluding tert-OH is 5. The van der Waals surface area contributed by atoms with Gasteiger partial charge in [-0.3, -0.25) is 33.3 Å². The SMILES string of the molecule is CCCCCCCCCCCCCCCC(=O)OC(CCCCCCCCCCC)CC(=O)NC1C(O)OC(CO[C@@H]2OC(CO)C(OP(=O)(O)O)[C@H](OC(=O)CC(CCCCCCCCCCC)OC(=O)CCCCCCCCCCCCCCC)C2NC(=O)CC(O)CCCCCCCCCCC)[C@@H](O)[C@@H]1OC(=O)CC(O)CCCCCCCCCCC. The molecular weight excluding hydrogens is 1610 g/mol. The fourth-order valence-electron chi connectivity index (χ4n) is 17.4. The summed E-state index contributed by atoms with van der Waals surface area (Å²) in [5.74, 6) is -4.49. The van der Waals surface area contributed by atoms with E-state index in [1.165, 1.54) is 154 Å². The van der Waals surface area contributed by atoms with Crippen LogP contribution in [0.4, 0.5) is 0 Å². The molecule has 0 spiro atoms. The molecule has 0 saturated carbocycles. The van der Waals surface area contributed by atoms with Gasteiger partial charge in [0.2, 0.25) is 11.8 Å². The van der Waals surface area contributed by atoms with Gasteiger partial charge < -0.3 is 79.1 Å². The quantitative estimate of drug-likeness (QED) is 0.0118. The number of phosphoric acid groups is 1. The van der Waals surface area contributed by atoms with Gasteiger partial charge in [0, 0.05) is 12.8 Å². The van der Waals surface area contributed by atoms with Gasteiger partial charge in [-0.15, -0.1) is 0 Å². The van der Waals surface area contributed by atoms with E-state index >= 15 is 0 Å². The minimum Gasteiger partial charge on any atom is -0.462 e. The molecule has 2 rings (SSSR count). The third kappa shape index (κ3) is 64.2. The van der Waals surface area contributed by atoms with Crippen molar-refractivity contribution in [2.75, 3.05) is 13.2 Å². The molecule has 125 heavy (non-hydrogen) atoms. The van der Waals surface area contributed by atoms with Crippen molar-refractivity contribution in [2.45, 2.75) is 590 Å². The maximum atomic E-state index is 14.8. The molecule has 25 heteroatoms. The zero-order chi connectivity index (χ0) is 91.4. The molecule has 2 aliphatic heterocycles. The number of aliphatic hydroxyl groups is 5. The molecule has 2 aliphatic rings. The average molecular weight is 1800 g/mol. The number of hydrogen-bond donors (Lipinski definition) is 9. The van der Waals surface area contributed by atoms with E-state index in [9.17, 15) is 68.7 Å². The van der Waals surface area contributed by atoms with Gasteiger partial charge in [0.15, 0.2) is 24.8 Å². The zero-order valence-electron chi connectivity index (χ0n) is 80.1. The van der Waals surface area contributed by atoms with Gasteiger partial charge in [-0.1, -0.05) is 414 Å². The Labute approximate surface area is 759 Å². The molecule has 24 nitrogen and oxygen atoms in total. The summed E-state index contributed by atoms with van der Waals surface area (Å²) in [6.45, 7) is 11.3. The molecule has 10 unspecified atom stereocenters. The Hall–Kier alpha value is -3.39. The monoisotopic (exact) mass is 1800 g/mol.